The highest BCUT2D eigenvalue weighted by molar-refractivity contribution is 5.56. The van der Waals surface area contributed by atoms with Gasteiger partial charge in [0.05, 0.1) is 17.2 Å². The van der Waals surface area contributed by atoms with Crippen LogP contribution in [0.1, 0.15) is 22.8 Å². The molecule has 0 aliphatic heterocycles. The SMILES string of the molecule is N#Cc1ccc(NCC(O)c2ccccc2)cc1C#N. The molecule has 0 radical (unpaired) electrons. The van der Waals surface area contributed by atoms with Gasteiger partial charge in [0, 0.05) is 12.2 Å². The van der Waals surface area contributed by atoms with Crippen LogP contribution in [0.3, 0.4) is 0 Å². The minimum Gasteiger partial charge on any atom is -0.387 e. The first-order chi connectivity index (χ1) is 9.74. The van der Waals surface area contributed by atoms with Crippen molar-refractivity contribution in [3.8, 4) is 12.1 Å². The summed E-state index contributed by atoms with van der Waals surface area (Å²) < 4.78 is 0. The molecule has 0 aliphatic rings. The fourth-order valence-corrected chi connectivity index (χ4v) is 1.85. The molecule has 20 heavy (non-hydrogen) atoms. The number of nitrogens with one attached hydrogen (secondary N) is 1. The molecule has 2 rings (SSSR count). The van der Waals surface area contributed by atoms with E-state index in [-0.39, 0.29) is 0 Å². The molecule has 0 aromatic heterocycles. The maximum absolute atomic E-state index is 10.0. The first-order valence-corrected chi connectivity index (χ1v) is 6.15. The molecule has 2 aromatic rings. The van der Waals surface area contributed by atoms with Gasteiger partial charge in [-0.15, -0.1) is 0 Å². The number of benzene rings is 2. The molecule has 98 valence electrons. The molecular weight excluding hydrogens is 250 g/mol. The van der Waals surface area contributed by atoms with Gasteiger partial charge >= 0.3 is 0 Å². The van der Waals surface area contributed by atoms with Crippen molar-refractivity contribution in [3.05, 3.63) is 65.2 Å². The van der Waals surface area contributed by atoms with Crippen LogP contribution in [0.5, 0.6) is 0 Å². The molecule has 0 spiro atoms. The highest BCUT2D eigenvalue weighted by Crippen LogP contribution is 2.17. The van der Waals surface area contributed by atoms with Gasteiger partial charge < -0.3 is 10.4 Å². The Morgan fingerprint density at radius 3 is 2.35 bits per heavy atom. The van der Waals surface area contributed by atoms with Gasteiger partial charge in [-0.05, 0) is 23.8 Å². The van der Waals surface area contributed by atoms with E-state index in [1.165, 1.54) is 0 Å². The van der Waals surface area contributed by atoms with Crippen LogP contribution >= 0.6 is 0 Å². The fraction of sp³-hybridized carbons (Fsp3) is 0.125. The maximum Gasteiger partial charge on any atom is 0.101 e. The Balaban J connectivity index is 2.05. The summed E-state index contributed by atoms with van der Waals surface area (Å²) >= 11 is 0. The third-order valence-electron chi connectivity index (χ3n) is 2.94. The molecule has 1 atom stereocenters. The molecular formula is C16H13N3O. The summed E-state index contributed by atoms with van der Waals surface area (Å²) in [4.78, 5) is 0. The van der Waals surface area contributed by atoms with E-state index in [1.807, 2.05) is 42.5 Å². The lowest BCUT2D eigenvalue weighted by molar-refractivity contribution is 0.191. The minimum atomic E-state index is -0.627. The first-order valence-electron chi connectivity index (χ1n) is 6.15. The standard InChI is InChI=1S/C16H13N3O/c17-9-13-6-7-15(8-14(13)10-18)19-11-16(20)12-4-2-1-3-5-12/h1-8,16,19-20H,11H2. The van der Waals surface area contributed by atoms with Crippen LogP contribution in [0.4, 0.5) is 5.69 Å². The van der Waals surface area contributed by atoms with Crippen molar-refractivity contribution >= 4 is 5.69 Å². The Hall–Kier alpha value is -2.82. The van der Waals surface area contributed by atoms with Gasteiger partial charge in [-0.2, -0.15) is 10.5 Å². The molecule has 2 N–H and O–H groups in total. The Kier molecular flexibility index (Phi) is 4.34. The summed E-state index contributed by atoms with van der Waals surface area (Å²) in [5.74, 6) is 0. The Bertz CT molecular complexity index is 668. The van der Waals surface area contributed by atoms with Crippen molar-refractivity contribution in [2.45, 2.75) is 6.10 Å². The number of anilines is 1. The Morgan fingerprint density at radius 2 is 1.70 bits per heavy atom. The van der Waals surface area contributed by atoms with Gasteiger partial charge in [0.2, 0.25) is 0 Å². The predicted molar refractivity (Wildman–Crippen MR) is 75.8 cm³/mol. The van der Waals surface area contributed by atoms with Gasteiger partial charge in [-0.3, -0.25) is 0 Å². The maximum atomic E-state index is 10.0. The van der Waals surface area contributed by atoms with Crippen molar-refractivity contribution < 1.29 is 5.11 Å². The van der Waals surface area contributed by atoms with E-state index >= 15 is 0 Å². The largest absolute Gasteiger partial charge is 0.387 e. The zero-order valence-electron chi connectivity index (χ0n) is 10.7. The van der Waals surface area contributed by atoms with Crippen LogP contribution in [0.2, 0.25) is 0 Å². The zero-order chi connectivity index (χ0) is 14.4. The molecule has 0 aliphatic carbocycles. The van der Waals surface area contributed by atoms with E-state index in [0.717, 1.165) is 5.56 Å². The van der Waals surface area contributed by atoms with Crippen molar-refractivity contribution in [1.82, 2.24) is 0 Å². The topological polar surface area (TPSA) is 79.8 Å². The number of nitrogens with zero attached hydrogens (tertiary/aromatic N) is 2. The lowest BCUT2D eigenvalue weighted by Gasteiger charge is -2.13. The van der Waals surface area contributed by atoms with Crippen LogP contribution in [0, 0.1) is 22.7 Å². The lowest BCUT2D eigenvalue weighted by atomic mass is 10.1. The first kappa shape index (κ1) is 13.6. The van der Waals surface area contributed by atoms with Crippen LogP contribution in [0.15, 0.2) is 48.5 Å². The molecule has 1 unspecified atom stereocenters. The summed E-state index contributed by atoms with van der Waals surface area (Å²) in [5.41, 5.74) is 2.21. The number of aliphatic hydroxyl groups is 1. The number of nitriles is 2. The molecule has 2 aromatic carbocycles. The highest BCUT2D eigenvalue weighted by Gasteiger charge is 2.07. The second-order valence-corrected chi connectivity index (χ2v) is 4.29. The highest BCUT2D eigenvalue weighted by atomic mass is 16.3. The van der Waals surface area contributed by atoms with Crippen molar-refractivity contribution in [2.24, 2.45) is 0 Å². The van der Waals surface area contributed by atoms with Gasteiger partial charge in [-0.1, -0.05) is 30.3 Å². The molecule has 0 amide bonds. The van der Waals surface area contributed by atoms with Crippen LogP contribution < -0.4 is 5.32 Å². The second kappa shape index (κ2) is 6.38. The average Bonchev–Trinajstić information content (AvgIpc) is 2.53. The number of hydrogen-bond acceptors (Lipinski definition) is 4. The Morgan fingerprint density at radius 1 is 1.00 bits per heavy atom. The molecule has 0 saturated carbocycles. The minimum absolute atomic E-state index is 0.326. The Labute approximate surface area is 117 Å². The van der Waals surface area contributed by atoms with E-state index in [4.69, 9.17) is 10.5 Å². The smallest absolute Gasteiger partial charge is 0.101 e. The molecule has 4 nitrogen and oxygen atoms in total. The van der Waals surface area contributed by atoms with Gasteiger partial charge in [-0.25, -0.2) is 0 Å². The third kappa shape index (κ3) is 3.14. The summed E-state index contributed by atoms with van der Waals surface area (Å²) in [6.07, 6.45) is -0.627. The van der Waals surface area contributed by atoms with Gasteiger partial charge in [0.15, 0.2) is 0 Å². The van der Waals surface area contributed by atoms with Crippen molar-refractivity contribution in [1.29, 1.82) is 10.5 Å². The molecule has 0 bridgehead atoms. The van der Waals surface area contributed by atoms with Crippen LogP contribution in [0.25, 0.3) is 0 Å². The van der Waals surface area contributed by atoms with E-state index in [9.17, 15) is 5.11 Å². The van der Waals surface area contributed by atoms with E-state index in [0.29, 0.717) is 23.4 Å². The zero-order valence-corrected chi connectivity index (χ0v) is 10.7. The van der Waals surface area contributed by atoms with E-state index in [2.05, 4.69) is 5.32 Å². The van der Waals surface area contributed by atoms with Gasteiger partial charge in [0.25, 0.3) is 0 Å². The summed E-state index contributed by atoms with van der Waals surface area (Å²) in [6.45, 7) is 0.334. The normalized spacial score (nSPS) is 11.2. The van der Waals surface area contributed by atoms with Gasteiger partial charge in [0.1, 0.15) is 12.1 Å². The average molecular weight is 263 g/mol. The third-order valence-corrected chi connectivity index (χ3v) is 2.94. The summed E-state index contributed by atoms with van der Waals surface area (Å²) in [6, 6.07) is 18.2. The van der Waals surface area contributed by atoms with Crippen molar-refractivity contribution in [2.75, 3.05) is 11.9 Å². The fourth-order valence-electron chi connectivity index (χ4n) is 1.85. The monoisotopic (exact) mass is 263 g/mol. The number of rotatable bonds is 4. The summed E-state index contributed by atoms with van der Waals surface area (Å²) in [5, 5.41) is 30.9. The number of aliphatic hydroxyl groups excluding tert-OH is 1. The molecule has 0 saturated heterocycles. The molecule has 4 heteroatoms. The molecule has 0 heterocycles. The molecule has 0 fully saturated rings. The van der Waals surface area contributed by atoms with E-state index < -0.39 is 6.10 Å². The van der Waals surface area contributed by atoms with E-state index in [1.54, 1.807) is 18.2 Å². The lowest BCUT2D eigenvalue weighted by Crippen LogP contribution is -2.12. The summed E-state index contributed by atoms with van der Waals surface area (Å²) in [7, 11) is 0. The second-order valence-electron chi connectivity index (χ2n) is 4.29. The number of hydrogen-bond donors (Lipinski definition) is 2. The van der Waals surface area contributed by atoms with Crippen LogP contribution in [-0.2, 0) is 0 Å². The van der Waals surface area contributed by atoms with Crippen LogP contribution in [-0.4, -0.2) is 11.7 Å². The predicted octanol–water partition coefficient (Wildman–Crippen LogP) is 2.58. The van der Waals surface area contributed by atoms with Crippen molar-refractivity contribution in [3.63, 3.8) is 0 Å². The quantitative estimate of drug-likeness (QED) is 0.888.